The van der Waals surface area contributed by atoms with Crippen molar-refractivity contribution in [1.82, 2.24) is 0 Å². The van der Waals surface area contributed by atoms with E-state index in [0.717, 1.165) is 23.3 Å². The molecule has 112 valence electrons. The Balaban J connectivity index is 2.26. The molecule has 0 amide bonds. The lowest BCUT2D eigenvalue weighted by Gasteiger charge is -2.16. The van der Waals surface area contributed by atoms with Gasteiger partial charge in [0.15, 0.2) is 11.5 Å². The average molecular weight is 305 g/mol. The zero-order valence-corrected chi connectivity index (χ0v) is 13.7. The second-order valence-corrected chi connectivity index (χ2v) is 5.75. The highest BCUT2D eigenvalue weighted by atomic mass is 35.5. The minimum absolute atomic E-state index is 0.0903. The molecule has 1 unspecified atom stereocenters. The van der Waals surface area contributed by atoms with Crippen molar-refractivity contribution in [2.45, 2.75) is 25.6 Å². The van der Waals surface area contributed by atoms with Crippen LogP contribution < -0.4 is 9.47 Å². The Kier molecular flexibility index (Phi) is 5.13. The van der Waals surface area contributed by atoms with Crippen LogP contribution in [0.1, 0.15) is 27.6 Å². The minimum atomic E-state index is -0.0903. The van der Waals surface area contributed by atoms with Gasteiger partial charge < -0.3 is 9.47 Å². The van der Waals surface area contributed by atoms with Crippen LogP contribution in [-0.2, 0) is 6.42 Å². The lowest BCUT2D eigenvalue weighted by atomic mass is 9.99. The van der Waals surface area contributed by atoms with Crippen molar-refractivity contribution in [3.63, 3.8) is 0 Å². The van der Waals surface area contributed by atoms with E-state index in [2.05, 4.69) is 31.2 Å². The molecular weight excluding hydrogens is 284 g/mol. The number of aryl methyl sites for hydroxylation is 2. The Morgan fingerprint density at radius 2 is 1.52 bits per heavy atom. The summed E-state index contributed by atoms with van der Waals surface area (Å²) < 4.78 is 10.7. The summed E-state index contributed by atoms with van der Waals surface area (Å²) in [6, 6.07) is 12.4. The number of hydrogen-bond acceptors (Lipinski definition) is 2. The van der Waals surface area contributed by atoms with Gasteiger partial charge in [-0.25, -0.2) is 0 Å². The summed E-state index contributed by atoms with van der Waals surface area (Å²) in [6.07, 6.45) is 0.790. The summed E-state index contributed by atoms with van der Waals surface area (Å²) in [6.45, 7) is 4.13. The van der Waals surface area contributed by atoms with Gasteiger partial charge >= 0.3 is 0 Å². The summed E-state index contributed by atoms with van der Waals surface area (Å²) in [5.41, 5.74) is 4.68. The first-order chi connectivity index (χ1) is 10.0. The third-order valence-electron chi connectivity index (χ3n) is 3.65. The predicted molar refractivity (Wildman–Crippen MR) is 87.8 cm³/mol. The van der Waals surface area contributed by atoms with Crippen molar-refractivity contribution in [3.8, 4) is 11.5 Å². The van der Waals surface area contributed by atoms with Crippen molar-refractivity contribution in [3.05, 3.63) is 58.7 Å². The highest BCUT2D eigenvalue weighted by Crippen LogP contribution is 2.36. The number of hydrogen-bond donors (Lipinski definition) is 0. The molecule has 2 aromatic carbocycles. The Morgan fingerprint density at radius 1 is 0.952 bits per heavy atom. The van der Waals surface area contributed by atoms with Gasteiger partial charge in [-0.1, -0.05) is 29.8 Å². The lowest BCUT2D eigenvalue weighted by Crippen LogP contribution is -2.01. The predicted octanol–water partition coefficient (Wildman–Crippen LogP) is 4.84. The SMILES string of the molecule is COc1cc(C)c(C(Cl)Cc2ccc(C)cc2)cc1OC. The Morgan fingerprint density at radius 3 is 2.10 bits per heavy atom. The molecule has 2 nitrogen and oxygen atoms in total. The van der Waals surface area contributed by atoms with Crippen LogP contribution in [0, 0.1) is 13.8 Å². The van der Waals surface area contributed by atoms with Crippen LogP contribution in [0.25, 0.3) is 0 Å². The molecule has 1 atom stereocenters. The Labute approximate surface area is 131 Å². The molecule has 0 aliphatic heterocycles. The third kappa shape index (κ3) is 3.70. The number of methoxy groups -OCH3 is 2. The van der Waals surface area contributed by atoms with E-state index in [1.165, 1.54) is 11.1 Å². The van der Waals surface area contributed by atoms with Crippen LogP contribution in [-0.4, -0.2) is 14.2 Å². The van der Waals surface area contributed by atoms with Crippen molar-refractivity contribution in [2.24, 2.45) is 0 Å². The number of ether oxygens (including phenoxy) is 2. The Hall–Kier alpha value is -1.67. The van der Waals surface area contributed by atoms with Crippen LogP contribution in [0.3, 0.4) is 0 Å². The van der Waals surface area contributed by atoms with Crippen LogP contribution in [0.15, 0.2) is 36.4 Å². The van der Waals surface area contributed by atoms with Gasteiger partial charge in [-0.15, -0.1) is 11.6 Å². The van der Waals surface area contributed by atoms with Crippen LogP contribution >= 0.6 is 11.6 Å². The van der Waals surface area contributed by atoms with Crippen molar-refractivity contribution < 1.29 is 9.47 Å². The molecule has 0 spiro atoms. The highest BCUT2D eigenvalue weighted by Gasteiger charge is 2.16. The molecule has 0 heterocycles. The first-order valence-corrected chi connectivity index (χ1v) is 7.41. The van der Waals surface area contributed by atoms with E-state index in [1.54, 1.807) is 14.2 Å². The summed E-state index contributed by atoms with van der Waals surface area (Å²) in [5, 5.41) is -0.0903. The van der Waals surface area contributed by atoms with Gasteiger partial charge in [-0.05, 0) is 49.1 Å². The molecular formula is C18H21ClO2. The van der Waals surface area contributed by atoms with Gasteiger partial charge in [0.1, 0.15) is 0 Å². The minimum Gasteiger partial charge on any atom is -0.493 e. The van der Waals surface area contributed by atoms with E-state index in [9.17, 15) is 0 Å². The molecule has 2 rings (SSSR count). The van der Waals surface area contributed by atoms with Gasteiger partial charge in [0.25, 0.3) is 0 Å². The highest BCUT2D eigenvalue weighted by molar-refractivity contribution is 6.21. The lowest BCUT2D eigenvalue weighted by molar-refractivity contribution is 0.354. The Bertz CT molecular complexity index is 605. The summed E-state index contributed by atoms with van der Waals surface area (Å²) in [7, 11) is 3.28. The van der Waals surface area contributed by atoms with Crippen molar-refractivity contribution in [2.75, 3.05) is 14.2 Å². The van der Waals surface area contributed by atoms with Gasteiger partial charge in [0, 0.05) is 0 Å². The number of halogens is 1. The monoisotopic (exact) mass is 304 g/mol. The molecule has 21 heavy (non-hydrogen) atoms. The van der Waals surface area contributed by atoms with Gasteiger partial charge in [0.2, 0.25) is 0 Å². The van der Waals surface area contributed by atoms with E-state index < -0.39 is 0 Å². The normalized spacial score (nSPS) is 12.0. The molecule has 0 aliphatic rings. The van der Waals surface area contributed by atoms with E-state index in [-0.39, 0.29) is 5.38 Å². The molecule has 0 saturated carbocycles. The van der Waals surface area contributed by atoms with Crippen LogP contribution in [0.5, 0.6) is 11.5 Å². The molecule has 0 N–H and O–H groups in total. The molecule has 0 aromatic heterocycles. The van der Waals surface area contributed by atoms with E-state index in [0.29, 0.717) is 5.75 Å². The van der Waals surface area contributed by atoms with Crippen LogP contribution in [0.4, 0.5) is 0 Å². The molecule has 0 aliphatic carbocycles. The maximum atomic E-state index is 6.61. The zero-order valence-electron chi connectivity index (χ0n) is 12.9. The molecule has 0 radical (unpaired) electrons. The third-order valence-corrected chi connectivity index (χ3v) is 4.03. The standard InChI is InChI=1S/C18H21ClO2/c1-12-5-7-14(8-6-12)10-16(19)15-11-18(21-4)17(20-3)9-13(15)2/h5-9,11,16H,10H2,1-4H3. The first-order valence-electron chi connectivity index (χ1n) is 6.97. The smallest absolute Gasteiger partial charge is 0.161 e. The number of alkyl halides is 1. The van der Waals surface area contributed by atoms with Gasteiger partial charge in [-0.2, -0.15) is 0 Å². The van der Waals surface area contributed by atoms with E-state index in [4.69, 9.17) is 21.1 Å². The molecule has 3 heteroatoms. The second kappa shape index (κ2) is 6.86. The van der Waals surface area contributed by atoms with Crippen molar-refractivity contribution in [1.29, 1.82) is 0 Å². The molecule has 0 fully saturated rings. The van der Waals surface area contributed by atoms with E-state index in [1.807, 2.05) is 19.1 Å². The average Bonchev–Trinajstić information content (AvgIpc) is 2.49. The van der Waals surface area contributed by atoms with Crippen molar-refractivity contribution >= 4 is 11.6 Å². The topological polar surface area (TPSA) is 18.5 Å². The van der Waals surface area contributed by atoms with E-state index >= 15 is 0 Å². The maximum absolute atomic E-state index is 6.61. The largest absolute Gasteiger partial charge is 0.493 e. The number of rotatable bonds is 5. The summed E-state index contributed by atoms with van der Waals surface area (Å²) in [5.74, 6) is 1.45. The summed E-state index contributed by atoms with van der Waals surface area (Å²) in [4.78, 5) is 0. The molecule has 0 bridgehead atoms. The number of benzene rings is 2. The maximum Gasteiger partial charge on any atom is 0.161 e. The summed E-state index contributed by atoms with van der Waals surface area (Å²) >= 11 is 6.61. The zero-order chi connectivity index (χ0) is 15.4. The van der Waals surface area contributed by atoms with Gasteiger partial charge in [0.05, 0.1) is 19.6 Å². The molecule has 0 saturated heterocycles. The fraction of sp³-hybridized carbons (Fsp3) is 0.333. The molecule has 2 aromatic rings. The fourth-order valence-corrected chi connectivity index (χ4v) is 2.79. The van der Waals surface area contributed by atoms with Crippen LogP contribution in [0.2, 0.25) is 0 Å². The first kappa shape index (κ1) is 15.7. The second-order valence-electron chi connectivity index (χ2n) is 5.22. The quantitative estimate of drug-likeness (QED) is 0.736. The van der Waals surface area contributed by atoms with Gasteiger partial charge in [-0.3, -0.25) is 0 Å². The fourth-order valence-electron chi connectivity index (χ4n) is 2.37.